The highest BCUT2D eigenvalue weighted by Crippen LogP contribution is 2.48. The zero-order chi connectivity index (χ0) is 21.0. The van der Waals surface area contributed by atoms with Crippen LogP contribution in [0.3, 0.4) is 0 Å². The minimum atomic E-state index is -0.331. The average molecular weight is 421 g/mol. The monoisotopic (exact) mass is 421 g/mol. The number of methoxy groups -OCH3 is 1. The molecule has 3 aromatic rings. The summed E-state index contributed by atoms with van der Waals surface area (Å²) in [7, 11) is 1.58. The predicted molar refractivity (Wildman–Crippen MR) is 111 cm³/mol. The molecule has 2 aromatic heterocycles. The number of hydrogen-bond donors (Lipinski definition) is 1. The number of hydrogen-bond acceptors (Lipinski definition) is 8. The Balaban J connectivity index is 1.45. The molecule has 152 valence electrons. The average Bonchev–Trinajstić information content (AvgIpc) is 3.44. The zero-order valence-electron chi connectivity index (χ0n) is 16.3. The van der Waals surface area contributed by atoms with Crippen LogP contribution in [0.5, 0.6) is 10.9 Å². The molecule has 8 nitrogen and oxygen atoms in total. The van der Waals surface area contributed by atoms with Gasteiger partial charge < -0.3 is 9.47 Å². The van der Waals surface area contributed by atoms with Gasteiger partial charge in [0.15, 0.2) is 0 Å². The van der Waals surface area contributed by atoms with Gasteiger partial charge in [0.05, 0.1) is 30.8 Å². The van der Waals surface area contributed by atoms with Crippen LogP contribution in [0.15, 0.2) is 42.7 Å². The number of benzene rings is 1. The Morgan fingerprint density at radius 1 is 1.27 bits per heavy atom. The highest BCUT2D eigenvalue weighted by atomic mass is 32.1. The maximum absolute atomic E-state index is 12.9. The summed E-state index contributed by atoms with van der Waals surface area (Å²) < 4.78 is 11.0. The van der Waals surface area contributed by atoms with Gasteiger partial charge in [-0.3, -0.25) is 15.1 Å². The van der Waals surface area contributed by atoms with Crippen molar-refractivity contribution in [2.45, 2.75) is 19.3 Å². The van der Waals surface area contributed by atoms with Gasteiger partial charge in [-0.2, -0.15) is 5.26 Å². The first-order valence-electron chi connectivity index (χ1n) is 9.40. The van der Waals surface area contributed by atoms with E-state index >= 15 is 0 Å². The molecule has 30 heavy (non-hydrogen) atoms. The smallest absolute Gasteiger partial charge is 0.295 e. The SMILES string of the molecule is COc1ccccc1-c1cnccc1C(=O)Nc1nnc(OCCC2(C#N)CC2)s1. The number of anilines is 1. The Labute approximate surface area is 177 Å². The van der Waals surface area contributed by atoms with Crippen LogP contribution in [0, 0.1) is 16.7 Å². The molecule has 1 amide bonds. The van der Waals surface area contributed by atoms with Crippen LogP contribution in [0.25, 0.3) is 11.1 Å². The fraction of sp³-hybridized carbons (Fsp3) is 0.286. The summed E-state index contributed by atoms with van der Waals surface area (Å²) in [4.78, 5) is 17.0. The third kappa shape index (κ3) is 4.23. The van der Waals surface area contributed by atoms with Gasteiger partial charge in [-0.25, -0.2) is 0 Å². The summed E-state index contributed by atoms with van der Waals surface area (Å²) in [5.74, 6) is 0.319. The Bertz CT molecular complexity index is 1100. The number of pyridine rings is 1. The van der Waals surface area contributed by atoms with E-state index in [4.69, 9.17) is 14.7 Å². The van der Waals surface area contributed by atoms with Gasteiger partial charge in [-0.15, -0.1) is 5.10 Å². The number of carbonyl (C=O) groups is 1. The number of nitrogens with zero attached hydrogens (tertiary/aromatic N) is 4. The van der Waals surface area contributed by atoms with E-state index < -0.39 is 0 Å². The van der Waals surface area contributed by atoms with Gasteiger partial charge >= 0.3 is 0 Å². The Morgan fingerprint density at radius 2 is 2.10 bits per heavy atom. The molecular formula is C21H19N5O3S. The summed E-state index contributed by atoms with van der Waals surface area (Å²) >= 11 is 1.14. The van der Waals surface area contributed by atoms with Gasteiger partial charge in [-0.05, 0) is 36.3 Å². The van der Waals surface area contributed by atoms with Crippen molar-refractivity contribution in [1.29, 1.82) is 5.26 Å². The maximum Gasteiger partial charge on any atom is 0.295 e. The van der Waals surface area contributed by atoms with Crippen LogP contribution in [-0.4, -0.2) is 34.8 Å². The molecule has 0 saturated heterocycles. The van der Waals surface area contributed by atoms with Gasteiger partial charge in [-0.1, -0.05) is 23.3 Å². The molecule has 1 aromatic carbocycles. The van der Waals surface area contributed by atoms with Crippen molar-refractivity contribution < 1.29 is 14.3 Å². The molecule has 2 heterocycles. The molecule has 1 N–H and O–H groups in total. The molecule has 0 aliphatic heterocycles. The molecule has 4 rings (SSSR count). The number of amides is 1. The van der Waals surface area contributed by atoms with Gasteiger partial charge in [0.2, 0.25) is 5.13 Å². The molecule has 9 heteroatoms. The number of nitrogens with one attached hydrogen (secondary N) is 1. The number of nitriles is 1. The molecule has 1 fully saturated rings. The van der Waals surface area contributed by atoms with E-state index in [0.29, 0.717) is 40.2 Å². The van der Waals surface area contributed by atoms with E-state index in [-0.39, 0.29) is 11.3 Å². The van der Waals surface area contributed by atoms with E-state index in [0.717, 1.165) is 29.7 Å². The van der Waals surface area contributed by atoms with E-state index in [1.165, 1.54) is 0 Å². The van der Waals surface area contributed by atoms with Gasteiger partial charge in [0, 0.05) is 29.9 Å². The standard InChI is InChI=1S/C21H19N5O3S/c1-28-17-5-3-2-4-14(17)16-12-23-10-6-15(16)18(27)24-19-25-26-20(30-19)29-11-9-21(13-22)7-8-21/h2-6,10,12H,7-9,11H2,1H3,(H,24,25,27). The van der Waals surface area contributed by atoms with Crippen molar-refractivity contribution in [1.82, 2.24) is 15.2 Å². The van der Waals surface area contributed by atoms with E-state index in [9.17, 15) is 4.79 Å². The summed E-state index contributed by atoms with van der Waals surface area (Å²) in [6.45, 7) is 0.401. The third-order valence-electron chi connectivity index (χ3n) is 4.99. The predicted octanol–water partition coefficient (Wildman–Crippen LogP) is 3.93. The van der Waals surface area contributed by atoms with Crippen LogP contribution in [0.1, 0.15) is 29.6 Å². The molecule has 1 aliphatic rings. The topological polar surface area (TPSA) is 110 Å². The van der Waals surface area contributed by atoms with Gasteiger partial charge in [0.1, 0.15) is 5.75 Å². The van der Waals surface area contributed by atoms with Crippen molar-refractivity contribution >= 4 is 22.4 Å². The summed E-state index contributed by atoms with van der Waals surface area (Å²) in [5.41, 5.74) is 1.64. The van der Waals surface area contributed by atoms with E-state index in [2.05, 4.69) is 26.6 Å². The van der Waals surface area contributed by atoms with E-state index in [1.807, 2.05) is 24.3 Å². The first kappa shape index (κ1) is 19.8. The number of aromatic nitrogens is 3. The Hall–Kier alpha value is -3.51. The lowest BCUT2D eigenvalue weighted by atomic mass is 10.0. The minimum absolute atomic E-state index is 0.224. The second kappa shape index (κ2) is 8.47. The van der Waals surface area contributed by atoms with Crippen molar-refractivity contribution in [3.8, 4) is 28.1 Å². The highest BCUT2D eigenvalue weighted by molar-refractivity contribution is 7.17. The molecular weight excluding hydrogens is 402 g/mol. The minimum Gasteiger partial charge on any atom is -0.496 e. The lowest BCUT2D eigenvalue weighted by Gasteiger charge is -2.11. The molecule has 0 radical (unpaired) electrons. The first-order valence-corrected chi connectivity index (χ1v) is 10.2. The number of ether oxygens (including phenoxy) is 2. The molecule has 0 spiro atoms. The Kier molecular flexibility index (Phi) is 5.59. The fourth-order valence-corrected chi connectivity index (χ4v) is 3.67. The largest absolute Gasteiger partial charge is 0.496 e. The quantitative estimate of drug-likeness (QED) is 0.587. The first-order chi connectivity index (χ1) is 14.6. The maximum atomic E-state index is 12.9. The van der Waals surface area contributed by atoms with Crippen molar-refractivity contribution in [2.24, 2.45) is 5.41 Å². The summed E-state index contributed by atoms with van der Waals surface area (Å²) in [6, 6.07) is 11.4. The fourth-order valence-electron chi connectivity index (χ4n) is 3.06. The van der Waals surface area contributed by atoms with Crippen LogP contribution in [0.4, 0.5) is 5.13 Å². The molecule has 1 aliphatic carbocycles. The van der Waals surface area contributed by atoms with Crippen LogP contribution in [0.2, 0.25) is 0 Å². The number of para-hydroxylation sites is 1. The number of rotatable bonds is 8. The Morgan fingerprint density at radius 3 is 2.87 bits per heavy atom. The summed E-state index contributed by atoms with van der Waals surface area (Å²) in [6.07, 6.45) is 5.70. The van der Waals surface area contributed by atoms with Crippen LogP contribution in [-0.2, 0) is 0 Å². The summed E-state index contributed by atoms with van der Waals surface area (Å²) in [5, 5.41) is 20.5. The number of carbonyl (C=O) groups excluding carboxylic acids is 1. The second-order valence-corrected chi connectivity index (χ2v) is 7.88. The molecule has 0 bridgehead atoms. The van der Waals surface area contributed by atoms with Crippen LogP contribution < -0.4 is 14.8 Å². The molecule has 0 atom stereocenters. The van der Waals surface area contributed by atoms with Crippen LogP contribution >= 0.6 is 11.3 Å². The normalized spacial score (nSPS) is 13.9. The van der Waals surface area contributed by atoms with Crippen molar-refractivity contribution in [2.75, 3.05) is 19.0 Å². The van der Waals surface area contributed by atoms with Crippen molar-refractivity contribution in [3.05, 3.63) is 48.3 Å². The third-order valence-corrected chi connectivity index (χ3v) is 5.74. The lowest BCUT2D eigenvalue weighted by Crippen LogP contribution is -2.13. The van der Waals surface area contributed by atoms with E-state index in [1.54, 1.807) is 25.6 Å². The van der Waals surface area contributed by atoms with Gasteiger partial charge in [0.25, 0.3) is 11.1 Å². The second-order valence-electron chi connectivity index (χ2n) is 6.94. The molecule has 0 unspecified atom stereocenters. The zero-order valence-corrected chi connectivity index (χ0v) is 17.1. The lowest BCUT2D eigenvalue weighted by molar-refractivity contribution is 0.102. The highest BCUT2D eigenvalue weighted by Gasteiger charge is 2.42. The molecule has 1 saturated carbocycles. The van der Waals surface area contributed by atoms with Crippen molar-refractivity contribution in [3.63, 3.8) is 0 Å².